The van der Waals surface area contributed by atoms with Crippen LogP contribution in [0.2, 0.25) is 0 Å². The van der Waals surface area contributed by atoms with Gasteiger partial charge in [-0.15, -0.1) is 0 Å². The quantitative estimate of drug-likeness (QED) is 0.534. The number of carbonyl (C=O) groups excluding carboxylic acids is 1. The normalized spacial score (nSPS) is 10.6. The minimum absolute atomic E-state index is 0.198. The van der Waals surface area contributed by atoms with Gasteiger partial charge in [0.15, 0.2) is 5.58 Å². The summed E-state index contributed by atoms with van der Waals surface area (Å²) in [5, 5.41) is 5.99. The largest absolute Gasteiger partial charge is 0.497 e. The highest BCUT2D eigenvalue weighted by Gasteiger charge is 2.08. The minimum atomic E-state index is -0.198. The van der Waals surface area contributed by atoms with E-state index >= 15 is 0 Å². The summed E-state index contributed by atoms with van der Waals surface area (Å²) in [6.45, 7) is 0. The maximum Gasteiger partial charge on any atom is 0.300 e. The van der Waals surface area contributed by atoms with Crippen molar-refractivity contribution < 1.29 is 13.9 Å². The molecule has 0 saturated carbocycles. The summed E-state index contributed by atoms with van der Waals surface area (Å²) in [5.74, 6) is 0.507. The molecule has 1 heterocycles. The predicted molar refractivity (Wildman–Crippen MR) is 105 cm³/mol. The van der Waals surface area contributed by atoms with E-state index in [2.05, 4.69) is 15.6 Å². The molecule has 3 aromatic carbocycles. The van der Waals surface area contributed by atoms with Crippen LogP contribution < -0.4 is 15.4 Å². The lowest BCUT2D eigenvalue weighted by Gasteiger charge is -2.08. The van der Waals surface area contributed by atoms with Crippen LogP contribution in [-0.4, -0.2) is 18.0 Å². The third-order valence-corrected chi connectivity index (χ3v) is 4.02. The smallest absolute Gasteiger partial charge is 0.300 e. The number of anilines is 3. The Morgan fingerprint density at radius 1 is 0.963 bits per heavy atom. The SMILES string of the molecule is COc1ccc(C(=O)Nc2cccc(Nc3nc4ccccc4o3)c2)cc1. The van der Waals surface area contributed by atoms with Crippen molar-refractivity contribution in [2.75, 3.05) is 17.7 Å². The lowest BCUT2D eigenvalue weighted by molar-refractivity contribution is 0.102. The van der Waals surface area contributed by atoms with Crippen LogP contribution in [0.4, 0.5) is 17.4 Å². The van der Waals surface area contributed by atoms with Crippen molar-refractivity contribution in [3.05, 3.63) is 78.4 Å². The van der Waals surface area contributed by atoms with Gasteiger partial charge >= 0.3 is 0 Å². The second-order valence-electron chi connectivity index (χ2n) is 5.88. The molecule has 0 spiro atoms. The molecule has 0 radical (unpaired) electrons. The average molecular weight is 359 g/mol. The molecule has 0 atom stereocenters. The molecule has 1 aromatic heterocycles. The molecule has 1 amide bonds. The first-order chi connectivity index (χ1) is 13.2. The molecule has 0 unspecified atom stereocenters. The summed E-state index contributed by atoms with van der Waals surface area (Å²) < 4.78 is 10.8. The van der Waals surface area contributed by atoms with Crippen LogP contribution in [0.25, 0.3) is 11.1 Å². The predicted octanol–water partition coefficient (Wildman–Crippen LogP) is 4.83. The van der Waals surface area contributed by atoms with Crippen molar-refractivity contribution in [2.45, 2.75) is 0 Å². The molecule has 6 nitrogen and oxygen atoms in total. The zero-order chi connectivity index (χ0) is 18.6. The number of nitrogens with one attached hydrogen (secondary N) is 2. The number of para-hydroxylation sites is 2. The Balaban J connectivity index is 1.48. The van der Waals surface area contributed by atoms with E-state index in [9.17, 15) is 4.79 Å². The van der Waals surface area contributed by atoms with Crippen LogP contribution in [0.3, 0.4) is 0 Å². The van der Waals surface area contributed by atoms with Gasteiger partial charge in [-0.05, 0) is 54.6 Å². The van der Waals surface area contributed by atoms with Crippen molar-refractivity contribution in [3.8, 4) is 5.75 Å². The molecule has 2 N–H and O–H groups in total. The van der Waals surface area contributed by atoms with E-state index in [1.165, 1.54) is 0 Å². The number of benzene rings is 3. The van der Waals surface area contributed by atoms with Crippen molar-refractivity contribution in [1.29, 1.82) is 0 Å². The Morgan fingerprint density at radius 2 is 1.74 bits per heavy atom. The van der Waals surface area contributed by atoms with Gasteiger partial charge in [0.05, 0.1) is 7.11 Å². The zero-order valence-corrected chi connectivity index (χ0v) is 14.6. The third-order valence-electron chi connectivity index (χ3n) is 4.02. The number of amides is 1. The number of ether oxygens (including phenoxy) is 1. The lowest BCUT2D eigenvalue weighted by Crippen LogP contribution is -2.11. The van der Waals surface area contributed by atoms with Gasteiger partial charge in [0, 0.05) is 16.9 Å². The molecule has 134 valence electrons. The molecule has 6 heteroatoms. The molecule has 27 heavy (non-hydrogen) atoms. The molecule has 0 aliphatic rings. The topological polar surface area (TPSA) is 76.4 Å². The van der Waals surface area contributed by atoms with E-state index in [-0.39, 0.29) is 5.91 Å². The van der Waals surface area contributed by atoms with Gasteiger partial charge in [0.2, 0.25) is 0 Å². The van der Waals surface area contributed by atoms with Crippen LogP contribution in [0.15, 0.2) is 77.2 Å². The van der Waals surface area contributed by atoms with Crippen molar-refractivity contribution in [2.24, 2.45) is 0 Å². The van der Waals surface area contributed by atoms with E-state index in [4.69, 9.17) is 9.15 Å². The van der Waals surface area contributed by atoms with Crippen LogP contribution in [-0.2, 0) is 0 Å². The first-order valence-corrected chi connectivity index (χ1v) is 8.39. The Hall–Kier alpha value is -3.80. The number of aromatic nitrogens is 1. The van der Waals surface area contributed by atoms with Gasteiger partial charge < -0.3 is 19.8 Å². The monoisotopic (exact) mass is 359 g/mol. The maximum absolute atomic E-state index is 12.4. The first-order valence-electron chi connectivity index (χ1n) is 8.39. The Labute approximate surface area is 155 Å². The number of methoxy groups -OCH3 is 1. The molecule has 0 aliphatic carbocycles. The third kappa shape index (κ3) is 3.74. The van der Waals surface area contributed by atoms with E-state index in [1.54, 1.807) is 31.4 Å². The molecular formula is C21H17N3O3. The van der Waals surface area contributed by atoms with Crippen LogP contribution in [0.5, 0.6) is 5.75 Å². The van der Waals surface area contributed by atoms with E-state index in [1.807, 2.05) is 48.5 Å². The van der Waals surface area contributed by atoms with E-state index in [0.29, 0.717) is 28.6 Å². The Morgan fingerprint density at radius 3 is 2.52 bits per heavy atom. The minimum Gasteiger partial charge on any atom is -0.497 e. The van der Waals surface area contributed by atoms with E-state index in [0.717, 1.165) is 11.2 Å². The lowest BCUT2D eigenvalue weighted by atomic mass is 10.2. The first kappa shape index (κ1) is 16.7. The summed E-state index contributed by atoms with van der Waals surface area (Å²) in [5.41, 5.74) is 3.46. The highest BCUT2D eigenvalue weighted by atomic mass is 16.5. The molecule has 4 aromatic rings. The van der Waals surface area contributed by atoms with Gasteiger partial charge in [0.1, 0.15) is 11.3 Å². The van der Waals surface area contributed by atoms with Crippen molar-refractivity contribution in [3.63, 3.8) is 0 Å². The highest BCUT2D eigenvalue weighted by molar-refractivity contribution is 6.04. The number of rotatable bonds is 5. The fraction of sp³-hybridized carbons (Fsp3) is 0.0476. The van der Waals surface area contributed by atoms with Gasteiger partial charge in [-0.3, -0.25) is 4.79 Å². The Bertz CT molecular complexity index is 1050. The maximum atomic E-state index is 12.4. The van der Waals surface area contributed by atoms with Gasteiger partial charge in [-0.2, -0.15) is 4.98 Å². The highest BCUT2D eigenvalue weighted by Crippen LogP contribution is 2.24. The van der Waals surface area contributed by atoms with Crippen molar-refractivity contribution in [1.82, 2.24) is 4.98 Å². The van der Waals surface area contributed by atoms with Gasteiger partial charge in [0.25, 0.3) is 11.9 Å². The fourth-order valence-electron chi connectivity index (χ4n) is 2.67. The van der Waals surface area contributed by atoms with E-state index < -0.39 is 0 Å². The Kier molecular flexibility index (Phi) is 4.45. The summed E-state index contributed by atoms with van der Waals surface area (Å²) >= 11 is 0. The summed E-state index contributed by atoms with van der Waals surface area (Å²) in [6, 6.07) is 22.2. The van der Waals surface area contributed by atoms with Crippen LogP contribution in [0, 0.1) is 0 Å². The van der Waals surface area contributed by atoms with Gasteiger partial charge in [-0.1, -0.05) is 18.2 Å². The van der Waals surface area contributed by atoms with Crippen LogP contribution >= 0.6 is 0 Å². The molecule has 0 fully saturated rings. The zero-order valence-electron chi connectivity index (χ0n) is 14.6. The number of carbonyl (C=O) groups is 1. The second kappa shape index (κ2) is 7.21. The number of hydrogen-bond donors (Lipinski definition) is 2. The summed E-state index contributed by atoms with van der Waals surface area (Å²) in [7, 11) is 1.59. The number of nitrogens with zero attached hydrogens (tertiary/aromatic N) is 1. The summed E-state index contributed by atoms with van der Waals surface area (Å²) in [6.07, 6.45) is 0. The van der Waals surface area contributed by atoms with Crippen molar-refractivity contribution >= 4 is 34.4 Å². The number of fused-ring (bicyclic) bond motifs is 1. The fourth-order valence-corrected chi connectivity index (χ4v) is 2.67. The molecule has 4 rings (SSSR count). The average Bonchev–Trinajstić information content (AvgIpc) is 3.10. The number of hydrogen-bond acceptors (Lipinski definition) is 5. The second-order valence-corrected chi connectivity index (χ2v) is 5.88. The number of oxazole rings is 1. The molecule has 0 bridgehead atoms. The standard InChI is InChI=1S/C21H17N3O3/c1-26-17-11-9-14(10-12-17)20(25)22-15-5-4-6-16(13-15)23-21-24-18-7-2-3-8-19(18)27-21/h2-13H,1H3,(H,22,25)(H,23,24). The molecule has 0 aliphatic heterocycles. The van der Waals surface area contributed by atoms with Crippen LogP contribution in [0.1, 0.15) is 10.4 Å². The van der Waals surface area contributed by atoms with Gasteiger partial charge in [-0.25, -0.2) is 0 Å². The summed E-state index contributed by atoms with van der Waals surface area (Å²) in [4.78, 5) is 16.8. The molecular weight excluding hydrogens is 342 g/mol. The molecule has 0 saturated heterocycles.